The summed E-state index contributed by atoms with van der Waals surface area (Å²) >= 11 is 0. The van der Waals surface area contributed by atoms with Crippen LogP contribution in [0.2, 0.25) is 0 Å². The molecule has 1 amide bonds. The van der Waals surface area contributed by atoms with Crippen LogP contribution in [-0.2, 0) is 11.3 Å². The lowest BCUT2D eigenvalue weighted by Crippen LogP contribution is -2.47. The molecule has 1 aliphatic heterocycles. The van der Waals surface area contributed by atoms with E-state index in [1.165, 1.54) is 12.1 Å². The maximum Gasteiger partial charge on any atom is 0.573 e. The molecule has 1 fully saturated rings. The van der Waals surface area contributed by atoms with Crippen LogP contribution >= 0.6 is 0 Å². The number of alkyl halides is 3. The van der Waals surface area contributed by atoms with Crippen molar-refractivity contribution in [2.75, 3.05) is 33.3 Å². The SMILES string of the molecule is COc1cccc(/C=C/C(=O)N2CCN(Cc3ccc(OC(F)(F)F)cc3)CC2)c1. The summed E-state index contributed by atoms with van der Waals surface area (Å²) in [6.07, 6.45) is -1.36. The van der Waals surface area contributed by atoms with Crippen LogP contribution in [0.3, 0.4) is 0 Å². The molecule has 1 saturated heterocycles. The monoisotopic (exact) mass is 420 g/mol. The highest BCUT2D eigenvalue weighted by Gasteiger charge is 2.31. The van der Waals surface area contributed by atoms with Crippen molar-refractivity contribution < 1.29 is 27.4 Å². The van der Waals surface area contributed by atoms with Crippen molar-refractivity contribution in [2.24, 2.45) is 0 Å². The number of carbonyl (C=O) groups excluding carboxylic acids is 1. The lowest BCUT2D eigenvalue weighted by molar-refractivity contribution is -0.274. The topological polar surface area (TPSA) is 42.0 Å². The van der Waals surface area contributed by atoms with Crippen LogP contribution in [-0.4, -0.2) is 55.4 Å². The molecule has 160 valence electrons. The second kappa shape index (κ2) is 9.67. The number of carbonyl (C=O) groups is 1. The van der Waals surface area contributed by atoms with Gasteiger partial charge in [-0.15, -0.1) is 13.2 Å². The van der Waals surface area contributed by atoms with Crippen LogP contribution in [0.25, 0.3) is 6.08 Å². The van der Waals surface area contributed by atoms with Crippen molar-refractivity contribution in [3.8, 4) is 11.5 Å². The minimum atomic E-state index is -4.69. The number of halogens is 3. The van der Waals surface area contributed by atoms with E-state index in [1.54, 1.807) is 36.3 Å². The number of amides is 1. The molecule has 1 aliphatic rings. The molecule has 0 spiro atoms. The van der Waals surface area contributed by atoms with Crippen LogP contribution in [0.15, 0.2) is 54.6 Å². The Bertz CT molecular complexity index is 874. The summed E-state index contributed by atoms with van der Waals surface area (Å²) in [5.41, 5.74) is 1.78. The average molecular weight is 420 g/mol. The van der Waals surface area contributed by atoms with Gasteiger partial charge in [0.2, 0.25) is 5.91 Å². The average Bonchev–Trinajstić information content (AvgIpc) is 2.73. The summed E-state index contributed by atoms with van der Waals surface area (Å²) in [6, 6.07) is 13.3. The molecule has 0 atom stereocenters. The predicted octanol–water partition coefficient (Wildman–Crippen LogP) is 3.95. The number of methoxy groups -OCH3 is 1. The quantitative estimate of drug-likeness (QED) is 0.664. The van der Waals surface area contributed by atoms with Gasteiger partial charge in [-0.3, -0.25) is 9.69 Å². The first kappa shape index (κ1) is 21.7. The Balaban J connectivity index is 1.47. The fourth-order valence-electron chi connectivity index (χ4n) is 3.20. The van der Waals surface area contributed by atoms with E-state index in [1.807, 2.05) is 24.3 Å². The lowest BCUT2D eigenvalue weighted by atomic mass is 10.2. The molecule has 0 saturated carbocycles. The number of piperazine rings is 1. The van der Waals surface area contributed by atoms with Crippen LogP contribution in [0.4, 0.5) is 13.2 Å². The summed E-state index contributed by atoms with van der Waals surface area (Å²) in [6.45, 7) is 3.18. The maximum absolute atomic E-state index is 12.4. The molecular formula is C22H23F3N2O3. The highest BCUT2D eigenvalue weighted by molar-refractivity contribution is 5.91. The molecule has 1 heterocycles. The standard InChI is InChI=1S/C22H23F3N2O3/c1-29-20-4-2-3-17(15-20)7-10-21(28)27-13-11-26(12-14-27)16-18-5-8-19(9-6-18)30-22(23,24)25/h2-10,15H,11-14,16H2,1H3/b10-7+. The van der Waals surface area contributed by atoms with E-state index in [0.29, 0.717) is 32.7 Å². The van der Waals surface area contributed by atoms with Crippen molar-refractivity contribution in [3.63, 3.8) is 0 Å². The summed E-state index contributed by atoms with van der Waals surface area (Å²) in [4.78, 5) is 16.4. The maximum atomic E-state index is 12.4. The molecule has 2 aromatic rings. The fraction of sp³-hybridized carbons (Fsp3) is 0.318. The number of hydrogen-bond donors (Lipinski definition) is 0. The van der Waals surface area contributed by atoms with Gasteiger partial charge in [-0.05, 0) is 41.5 Å². The van der Waals surface area contributed by atoms with E-state index in [2.05, 4.69) is 9.64 Å². The first-order chi connectivity index (χ1) is 14.3. The normalized spacial score (nSPS) is 15.4. The summed E-state index contributed by atoms with van der Waals surface area (Å²) in [5.74, 6) is 0.451. The second-order valence-corrected chi connectivity index (χ2v) is 6.90. The number of benzene rings is 2. The Kier molecular flexibility index (Phi) is 6.99. The van der Waals surface area contributed by atoms with Crippen LogP contribution < -0.4 is 9.47 Å². The van der Waals surface area contributed by atoms with E-state index >= 15 is 0 Å². The molecule has 0 bridgehead atoms. The number of nitrogens with zero attached hydrogens (tertiary/aromatic N) is 2. The van der Waals surface area contributed by atoms with E-state index < -0.39 is 6.36 Å². The van der Waals surface area contributed by atoms with E-state index in [-0.39, 0.29) is 11.7 Å². The molecule has 0 unspecified atom stereocenters. The molecule has 0 aromatic heterocycles. The Morgan fingerprint density at radius 2 is 1.73 bits per heavy atom. The van der Waals surface area contributed by atoms with Crippen LogP contribution in [0.5, 0.6) is 11.5 Å². The Morgan fingerprint density at radius 3 is 2.37 bits per heavy atom. The van der Waals surface area contributed by atoms with Gasteiger partial charge in [-0.2, -0.15) is 0 Å². The summed E-state index contributed by atoms with van der Waals surface area (Å²) < 4.78 is 45.7. The van der Waals surface area contributed by atoms with E-state index in [4.69, 9.17) is 4.74 Å². The molecule has 3 rings (SSSR count). The highest BCUT2D eigenvalue weighted by Crippen LogP contribution is 2.23. The predicted molar refractivity (Wildman–Crippen MR) is 107 cm³/mol. The van der Waals surface area contributed by atoms with Gasteiger partial charge in [0, 0.05) is 38.8 Å². The van der Waals surface area contributed by atoms with Gasteiger partial charge in [0.15, 0.2) is 0 Å². The number of hydrogen-bond acceptors (Lipinski definition) is 4. The zero-order chi connectivity index (χ0) is 21.6. The molecule has 2 aromatic carbocycles. The lowest BCUT2D eigenvalue weighted by Gasteiger charge is -2.34. The third-order valence-corrected chi connectivity index (χ3v) is 4.76. The van der Waals surface area contributed by atoms with Gasteiger partial charge in [-0.25, -0.2) is 0 Å². The molecule has 0 N–H and O–H groups in total. The Labute approximate surface area is 173 Å². The third kappa shape index (κ3) is 6.52. The van der Waals surface area contributed by atoms with Crippen molar-refractivity contribution in [1.82, 2.24) is 9.80 Å². The fourth-order valence-corrected chi connectivity index (χ4v) is 3.20. The molecular weight excluding hydrogens is 397 g/mol. The molecule has 8 heteroatoms. The van der Waals surface area contributed by atoms with Gasteiger partial charge in [-0.1, -0.05) is 24.3 Å². The highest BCUT2D eigenvalue weighted by atomic mass is 19.4. The third-order valence-electron chi connectivity index (χ3n) is 4.76. The molecule has 5 nitrogen and oxygen atoms in total. The number of ether oxygens (including phenoxy) is 2. The molecule has 0 aliphatic carbocycles. The smallest absolute Gasteiger partial charge is 0.497 e. The van der Waals surface area contributed by atoms with Crippen molar-refractivity contribution >= 4 is 12.0 Å². The zero-order valence-corrected chi connectivity index (χ0v) is 16.6. The minimum Gasteiger partial charge on any atom is -0.497 e. The minimum absolute atomic E-state index is 0.0499. The Morgan fingerprint density at radius 1 is 1.03 bits per heavy atom. The zero-order valence-electron chi connectivity index (χ0n) is 16.6. The van der Waals surface area contributed by atoms with Gasteiger partial charge >= 0.3 is 6.36 Å². The van der Waals surface area contributed by atoms with Gasteiger partial charge < -0.3 is 14.4 Å². The van der Waals surface area contributed by atoms with Crippen LogP contribution in [0.1, 0.15) is 11.1 Å². The van der Waals surface area contributed by atoms with Crippen molar-refractivity contribution in [1.29, 1.82) is 0 Å². The summed E-state index contributed by atoms with van der Waals surface area (Å²) in [7, 11) is 1.60. The van der Waals surface area contributed by atoms with Crippen molar-refractivity contribution in [3.05, 3.63) is 65.7 Å². The largest absolute Gasteiger partial charge is 0.573 e. The summed E-state index contributed by atoms with van der Waals surface area (Å²) in [5, 5.41) is 0. The molecule has 0 radical (unpaired) electrons. The number of rotatable bonds is 6. The first-order valence-electron chi connectivity index (χ1n) is 9.50. The van der Waals surface area contributed by atoms with Crippen LogP contribution in [0, 0.1) is 0 Å². The van der Waals surface area contributed by atoms with Gasteiger partial charge in [0.25, 0.3) is 0 Å². The molecule has 30 heavy (non-hydrogen) atoms. The van der Waals surface area contributed by atoms with Crippen molar-refractivity contribution in [2.45, 2.75) is 12.9 Å². The first-order valence-corrected chi connectivity index (χ1v) is 9.50. The van der Waals surface area contributed by atoms with E-state index in [9.17, 15) is 18.0 Å². The second-order valence-electron chi connectivity index (χ2n) is 6.90. The van der Waals surface area contributed by atoms with Gasteiger partial charge in [0.1, 0.15) is 11.5 Å². The van der Waals surface area contributed by atoms with E-state index in [0.717, 1.165) is 16.9 Å². The Hall–Kier alpha value is -3.00. The van der Waals surface area contributed by atoms with Gasteiger partial charge in [0.05, 0.1) is 7.11 Å².